The molecule has 0 heterocycles. The van der Waals surface area contributed by atoms with Crippen LogP contribution in [0.3, 0.4) is 0 Å². The molecule has 0 radical (unpaired) electrons. The Morgan fingerprint density at radius 2 is 1.96 bits per heavy atom. The molecule has 0 amide bonds. The number of non-ortho nitro benzene ring substituents is 1. The van der Waals surface area contributed by atoms with Gasteiger partial charge in [0.2, 0.25) is 0 Å². The number of aromatic carboxylic acids is 1. The minimum absolute atomic E-state index is 0.0414. The lowest BCUT2D eigenvalue weighted by Crippen LogP contribution is -2.15. The summed E-state index contributed by atoms with van der Waals surface area (Å²) in [6.45, 7) is 0. The van der Waals surface area contributed by atoms with E-state index in [1.54, 1.807) is 0 Å². The number of sulfonamides is 1. The second-order valence-corrected chi connectivity index (χ2v) is 6.76. The van der Waals surface area contributed by atoms with E-state index in [1.807, 2.05) is 0 Å². The number of rotatable bonds is 6. The topological polar surface area (TPSA) is 136 Å². The zero-order chi connectivity index (χ0) is 18.8. The van der Waals surface area contributed by atoms with Crippen molar-refractivity contribution in [2.75, 3.05) is 11.8 Å². The number of carbonyl (C=O) groups is 1. The van der Waals surface area contributed by atoms with Gasteiger partial charge in [0.1, 0.15) is 10.6 Å². The molecule has 0 fully saturated rings. The number of methoxy groups -OCH3 is 1. The van der Waals surface area contributed by atoms with Crippen LogP contribution in [0.25, 0.3) is 0 Å². The molecule has 25 heavy (non-hydrogen) atoms. The van der Waals surface area contributed by atoms with Crippen molar-refractivity contribution in [2.24, 2.45) is 0 Å². The molecule has 2 rings (SSSR count). The van der Waals surface area contributed by atoms with Crippen molar-refractivity contribution in [2.45, 2.75) is 4.90 Å². The maximum Gasteiger partial charge on any atom is 0.335 e. The van der Waals surface area contributed by atoms with Gasteiger partial charge in [0.15, 0.2) is 0 Å². The Morgan fingerprint density at radius 3 is 2.52 bits per heavy atom. The summed E-state index contributed by atoms with van der Waals surface area (Å²) in [5, 5.41) is 19.6. The van der Waals surface area contributed by atoms with Crippen molar-refractivity contribution in [1.29, 1.82) is 0 Å². The fourth-order valence-corrected chi connectivity index (χ4v) is 3.52. The summed E-state index contributed by atoms with van der Waals surface area (Å²) in [6, 6.07) is 6.52. The highest BCUT2D eigenvalue weighted by Crippen LogP contribution is 2.32. The van der Waals surface area contributed by atoms with Crippen LogP contribution in [0.5, 0.6) is 5.75 Å². The molecule has 0 saturated heterocycles. The van der Waals surface area contributed by atoms with E-state index in [0.717, 1.165) is 30.3 Å². The smallest absolute Gasteiger partial charge is 0.335 e. The molecule has 11 heteroatoms. The predicted molar refractivity (Wildman–Crippen MR) is 88.9 cm³/mol. The molecular weight excluding hydrogens is 376 g/mol. The van der Waals surface area contributed by atoms with Crippen LogP contribution in [0.1, 0.15) is 10.4 Å². The minimum atomic E-state index is -4.32. The summed E-state index contributed by atoms with van der Waals surface area (Å²) in [5.74, 6) is -1.29. The number of carboxylic acids is 1. The fraction of sp³-hybridized carbons (Fsp3) is 0.0714. The fourth-order valence-electron chi connectivity index (χ4n) is 1.93. The Bertz CT molecular complexity index is 960. The van der Waals surface area contributed by atoms with Gasteiger partial charge in [-0.15, -0.1) is 0 Å². The first-order valence-corrected chi connectivity index (χ1v) is 8.40. The summed E-state index contributed by atoms with van der Waals surface area (Å²) < 4.78 is 32.2. The average molecular weight is 387 g/mol. The van der Waals surface area contributed by atoms with Gasteiger partial charge in [-0.2, -0.15) is 0 Å². The monoisotopic (exact) mass is 386 g/mol. The molecule has 0 bridgehead atoms. The van der Waals surface area contributed by atoms with Crippen molar-refractivity contribution in [1.82, 2.24) is 0 Å². The molecule has 132 valence electrons. The lowest BCUT2D eigenvalue weighted by atomic mass is 10.2. The van der Waals surface area contributed by atoms with Gasteiger partial charge in [-0.25, -0.2) is 13.2 Å². The predicted octanol–water partition coefficient (Wildman–Crippen LogP) is 2.76. The van der Waals surface area contributed by atoms with Crippen LogP contribution in [-0.4, -0.2) is 31.5 Å². The van der Waals surface area contributed by atoms with E-state index in [-0.39, 0.29) is 27.7 Å². The molecule has 2 aromatic rings. The average Bonchev–Trinajstić information content (AvgIpc) is 2.54. The number of benzene rings is 2. The summed E-state index contributed by atoms with van der Waals surface area (Å²) in [4.78, 5) is 20.7. The van der Waals surface area contributed by atoms with Crippen molar-refractivity contribution in [3.8, 4) is 5.75 Å². The van der Waals surface area contributed by atoms with Gasteiger partial charge >= 0.3 is 5.97 Å². The maximum atomic E-state index is 12.5. The number of ether oxygens (including phenoxy) is 1. The zero-order valence-corrected chi connectivity index (χ0v) is 14.2. The van der Waals surface area contributed by atoms with E-state index >= 15 is 0 Å². The third-order valence-corrected chi connectivity index (χ3v) is 4.95. The lowest BCUT2D eigenvalue weighted by molar-refractivity contribution is -0.384. The molecule has 0 atom stereocenters. The quantitative estimate of drug-likeness (QED) is 0.575. The number of hydrogen-bond donors (Lipinski definition) is 2. The summed E-state index contributed by atoms with van der Waals surface area (Å²) in [5.41, 5.74) is -0.826. The first kappa shape index (κ1) is 18.5. The van der Waals surface area contributed by atoms with Crippen LogP contribution in [0.15, 0.2) is 41.3 Å². The Kier molecular flexibility index (Phi) is 5.14. The van der Waals surface area contributed by atoms with Gasteiger partial charge in [-0.05, 0) is 24.3 Å². The summed E-state index contributed by atoms with van der Waals surface area (Å²) in [6.07, 6.45) is 0. The van der Waals surface area contributed by atoms with Gasteiger partial charge < -0.3 is 9.84 Å². The van der Waals surface area contributed by atoms with Crippen LogP contribution >= 0.6 is 11.6 Å². The number of nitrogens with one attached hydrogen (secondary N) is 1. The second-order valence-electron chi connectivity index (χ2n) is 4.70. The van der Waals surface area contributed by atoms with Gasteiger partial charge in [0, 0.05) is 12.1 Å². The van der Waals surface area contributed by atoms with E-state index in [1.165, 1.54) is 13.2 Å². The highest BCUT2D eigenvalue weighted by atomic mass is 35.5. The number of carboxylic acid groups (broad SMARTS) is 1. The van der Waals surface area contributed by atoms with Crippen LogP contribution in [0, 0.1) is 10.1 Å². The SMILES string of the molecule is COc1ccc([N+](=O)[O-])cc1NS(=O)(=O)c1cc(C(=O)O)ccc1Cl. The molecule has 9 nitrogen and oxygen atoms in total. The zero-order valence-electron chi connectivity index (χ0n) is 12.6. The minimum Gasteiger partial charge on any atom is -0.495 e. The molecule has 2 aromatic carbocycles. The molecular formula is C14H11ClN2O7S. The normalized spacial score (nSPS) is 11.0. The molecule has 0 aromatic heterocycles. The standard InChI is InChI=1S/C14H11ClN2O7S/c1-24-12-5-3-9(17(20)21)7-11(12)16-25(22,23)13-6-8(14(18)19)2-4-10(13)15/h2-7,16H,1H3,(H,18,19). The molecule has 0 aliphatic rings. The van der Waals surface area contributed by atoms with Crippen LogP contribution in [0.2, 0.25) is 5.02 Å². The number of anilines is 1. The number of nitro benzene ring substituents is 1. The van der Waals surface area contributed by atoms with Crippen LogP contribution < -0.4 is 9.46 Å². The Hall–Kier alpha value is -2.85. The number of nitro groups is 1. The molecule has 2 N–H and O–H groups in total. The number of halogens is 1. The van der Waals surface area contributed by atoms with E-state index < -0.39 is 25.8 Å². The van der Waals surface area contributed by atoms with Crippen LogP contribution in [0.4, 0.5) is 11.4 Å². The first-order chi connectivity index (χ1) is 11.7. The highest BCUT2D eigenvalue weighted by molar-refractivity contribution is 7.92. The molecule has 0 aliphatic heterocycles. The Labute approximate surface area is 147 Å². The van der Waals surface area contributed by atoms with Gasteiger partial charge in [-0.1, -0.05) is 11.6 Å². The van der Waals surface area contributed by atoms with Crippen molar-refractivity contribution in [3.05, 3.63) is 57.1 Å². The summed E-state index contributed by atoms with van der Waals surface area (Å²) in [7, 11) is -3.06. The first-order valence-electron chi connectivity index (χ1n) is 6.54. The number of nitrogens with zero attached hydrogens (tertiary/aromatic N) is 1. The number of hydrogen-bond acceptors (Lipinski definition) is 6. The third-order valence-electron chi connectivity index (χ3n) is 3.11. The second kappa shape index (κ2) is 6.95. The van der Waals surface area contributed by atoms with E-state index in [0.29, 0.717) is 0 Å². The van der Waals surface area contributed by atoms with Crippen molar-refractivity contribution >= 4 is 39.0 Å². The van der Waals surface area contributed by atoms with E-state index in [2.05, 4.69) is 4.72 Å². The lowest BCUT2D eigenvalue weighted by Gasteiger charge is -2.13. The van der Waals surface area contributed by atoms with E-state index in [4.69, 9.17) is 21.4 Å². The van der Waals surface area contributed by atoms with Gasteiger partial charge in [0.25, 0.3) is 15.7 Å². The Morgan fingerprint density at radius 1 is 1.28 bits per heavy atom. The molecule has 0 unspecified atom stereocenters. The van der Waals surface area contributed by atoms with Crippen molar-refractivity contribution in [3.63, 3.8) is 0 Å². The Balaban J connectivity index is 2.53. The molecule has 0 spiro atoms. The summed E-state index contributed by atoms with van der Waals surface area (Å²) >= 11 is 5.86. The molecule has 0 aliphatic carbocycles. The maximum absolute atomic E-state index is 12.5. The van der Waals surface area contributed by atoms with Crippen molar-refractivity contribution < 1.29 is 28.0 Å². The van der Waals surface area contributed by atoms with E-state index in [9.17, 15) is 23.3 Å². The largest absolute Gasteiger partial charge is 0.495 e. The van der Waals surface area contributed by atoms with Gasteiger partial charge in [0.05, 0.1) is 28.3 Å². The third kappa shape index (κ3) is 3.98. The highest BCUT2D eigenvalue weighted by Gasteiger charge is 2.23. The van der Waals surface area contributed by atoms with Crippen LogP contribution in [-0.2, 0) is 10.0 Å². The molecule has 0 saturated carbocycles. The van der Waals surface area contributed by atoms with Gasteiger partial charge in [-0.3, -0.25) is 14.8 Å².